The summed E-state index contributed by atoms with van der Waals surface area (Å²) in [6, 6.07) is 8.85. The summed E-state index contributed by atoms with van der Waals surface area (Å²) >= 11 is 0. The predicted molar refractivity (Wildman–Crippen MR) is 66.5 cm³/mol. The smallest absolute Gasteiger partial charge is 0.223 e. The fourth-order valence-corrected chi connectivity index (χ4v) is 2.60. The Hall–Kier alpha value is -1.35. The van der Waals surface area contributed by atoms with Crippen molar-refractivity contribution in [3.8, 4) is 0 Å². The highest BCUT2D eigenvalue weighted by Gasteiger charge is 2.36. The second kappa shape index (κ2) is 4.15. The molecule has 0 aromatic heterocycles. The number of nitrogens with two attached hydrogens (primary N) is 1. The molecule has 90 valence electrons. The van der Waals surface area contributed by atoms with Gasteiger partial charge < -0.3 is 11.1 Å². The maximum atomic E-state index is 12.0. The van der Waals surface area contributed by atoms with Crippen LogP contribution in [0.3, 0.4) is 0 Å². The average Bonchev–Trinajstić information content (AvgIpc) is 3.04. The second-order valence-electron chi connectivity index (χ2n) is 5.22. The Morgan fingerprint density at radius 1 is 1.29 bits per heavy atom. The lowest BCUT2D eigenvalue weighted by Crippen LogP contribution is -2.37. The fraction of sp³-hybridized carbons (Fsp3) is 0.500. The van der Waals surface area contributed by atoms with Gasteiger partial charge in [-0.25, -0.2) is 0 Å². The van der Waals surface area contributed by atoms with E-state index in [0.717, 1.165) is 25.7 Å². The largest absolute Gasteiger partial charge is 0.351 e. The van der Waals surface area contributed by atoms with Crippen LogP contribution in [0.5, 0.6) is 0 Å². The van der Waals surface area contributed by atoms with E-state index in [0.29, 0.717) is 0 Å². The molecule has 3 rings (SSSR count). The summed E-state index contributed by atoms with van der Waals surface area (Å²) in [6.45, 7) is 0. The normalized spacial score (nSPS) is 30.5. The summed E-state index contributed by atoms with van der Waals surface area (Å²) in [5.74, 6) is 0.329. The van der Waals surface area contributed by atoms with Gasteiger partial charge in [-0.2, -0.15) is 0 Å². The number of carbonyl (C=O) groups is 1. The van der Waals surface area contributed by atoms with E-state index in [-0.39, 0.29) is 23.9 Å². The Morgan fingerprint density at radius 2 is 2.00 bits per heavy atom. The first-order chi connectivity index (χ1) is 8.24. The molecule has 0 bridgehead atoms. The summed E-state index contributed by atoms with van der Waals surface area (Å²) in [7, 11) is 0. The Morgan fingerprint density at radius 3 is 2.71 bits per heavy atom. The highest BCUT2D eigenvalue weighted by molar-refractivity contribution is 5.80. The molecule has 0 spiro atoms. The third-order valence-corrected chi connectivity index (χ3v) is 3.89. The molecule has 0 saturated heterocycles. The fourth-order valence-electron chi connectivity index (χ4n) is 2.60. The van der Waals surface area contributed by atoms with Gasteiger partial charge in [-0.05, 0) is 36.8 Å². The Bertz CT molecular complexity index is 444. The predicted octanol–water partition coefficient (Wildman–Crippen LogP) is 1.01. The lowest BCUT2D eigenvalue weighted by Gasteiger charge is -2.23. The van der Waals surface area contributed by atoms with E-state index in [1.165, 1.54) is 11.1 Å². The van der Waals surface area contributed by atoms with Crippen molar-refractivity contribution < 1.29 is 4.79 Å². The first-order valence-corrected chi connectivity index (χ1v) is 6.37. The molecule has 1 fully saturated rings. The van der Waals surface area contributed by atoms with E-state index in [1.54, 1.807) is 0 Å². The van der Waals surface area contributed by atoms with Gasteiger partial charge in [0.1, 0.15) is 0 Å². The standard InChI is InChI=1S/C14H18N2O/c15-12-8-13(12)16-14(17)11-6-5-9-3-1-2-4-10(9)7-11/h1-4,11-13H,5-8,15H2,(H,16,17). The van der Waals surface area contributed by atoms with E-state index in [2.05, 4.69) is 29.6 Å². The van der Waals surface area contributed by atoms with Crippen LogP contribution in [0.15, 0.2) is 24.3 Å². The van der Waals surface area contributed by atoms with E-state index in [9.17, 15) is 4.79 Å². The molecule has 17 heavy (non-hydrogen) atoms. The SMILES string of the molecule is NC1CC1NC(=O)C1CCc2ccccc2C1. The Balaban J connectivity index is 1.65. The number of hydrogen-bond donors (Lipinski definition) is 2. The van der Waals surface area contributed by atoms with Crippen molar-refractivity contribution in [1.29, 1.82) is 0 Å². The van der Waals surface area contributed by atoms with E-state index < -0.39 is 0 Å². The molecule has 1 aromatic carbocycles. The van der Waals surface area contributed by atoms with Crippen molar-refractivity contribution in [3.63, 3.8) is 0 Å². The molecular weight excluding hydrogens is 212 g/mol. The highest BCUT2D eigenvalue weighted by Crippen LogP contribution is 2.26. The Labute approximate surface area is 101 Å². The van der Waals surface area contributed by atoms with Crippen molar-refractivity contribution in [2.24, 2.45) is 11.7 Å². The summed E-state index contributed by atoms with van der Waals surface area (Å²) in [4.78, 5) is 12.0. The molecule has 0 radical (unpaired) electrons. The van der Waals surface area contributed by atoms with Gasteiger partial charge >= 0.3 is 0 Å². The van der Waals surface area contributed by atoms with Gasteiger partial charge in [0, 0.05) is 18.0 Å². The van der Waals surface area contributed by atoms with Crippen molar-refractivity contribution in [2.75, 3.05) is 0 Å². The number of hydrogen-bond acceptors (Lipinski definition) is 2. The summed E-state index contributed by atoms with van der Waals surface area (Å²) < 4.78 is 0. The van der Waals surface area contributed by atoms with Crippen LogP contribution in [0, 0.1) is 5.92 Å². The molecule has 3 heteroatoms. The maximum Gasteiger partial charge on any atom is 0.223 e. The molecule has 1 aromatic rings. The average molecular weight is 230 g/mol. The minimum absolute atomic E-state index is 0.137. The van der Waals surface area contributed by atoms with Gasteiger partial charge in [0.25, 0.3) is 0 Å². The van der Waals surface area contributed by atoms with E-state index in [1.807, 2.05) is 0 Å². The van der Waals surface area contributed by atoms with Crippen LogP contribution in [-0.4, -0.2) is 18.0 Å². The number of nitrogens with one attached hydrogen (secondary N) is 1. The van der Waals surface area contributed by atoms with E-state index >= 15 is 0 Å². The number of amides is 1. The zero-order valence-corrected chi connectivity index (χ0v) is 9.86. The zero-order chi connectivity index (χ0) is 11.8. The van der Waals surface area contributed by atoms with Crippen molar-refractivity contribution in [3.05, 3.63) is 35.4 Å². The minimum Gasteiger partial charge on any atom is -0.351 e. The van der Waals surface area contributed by atoms with Crippen LogP contribution < -0.4 is 11.1 Å². The molecule has 2 aliphatic rings. The molecular formula is C14H18N2O. The van der Waals surface area contributed by atoms with Crippen LogP contribution >= 0.6 is 0 Å². The summed E-state index contributed by atoms with van der Waals surface area (Å²) in [5.41, 5.74) is 8.44. The molecule has 3 nitrogen and oxygen atoms in total. The number of carbonyl (C=O) groups excluding carboxylic acids is 1. The number of rotatable bonds is 2. The van der Waals surface area contributed by atoms with Crippen LogP contribution in [0.1, 0.15) is 24.0 Å². The zero-order valence-electron chi connectivity index (χ0n) is 9.86. The lowest BCUT2D eigenvalue weighted by molar-refractivity contribution is -0.125. The van der Waals surface area contributed by atoms with Gasteiger partial charge in [0.05, 0.1) is 0 Å². The van der Waals surface area contributed by atoms with Crippen LogP contribution in [-0.2, 0) is 17.6 Å². The van der Waals surface area contributed by atoms with Crippen LogP contribution in [0.4, 0.5) is 0 Å². The molecule has 3 atom stereocenters. The molecule has 3 unspecified atom stereocenters. The minimum atomic E-state index is 0.137. The molecule has 0 heterocycles. The summed E-state index contributed by atoms with van der Waals surface area (Å²) in [5, 5.41) is 3.04. The van der Waals surface area contributed by atoms with Crippen LogP contribution in [0.25, 0.3) is 0 Å². The molecule has 0 aliphatic heterocycles. The van der Waals surface area contributed by atoms with Crippen molar-refractivity contribution >= 4 is 5.91 Å². The number of fused-ring (bicyclic) bond motifs is 1. The van der Waals surface area contributed by atoms with Gasteiger partial charge in [-0.3, -0.25) is 4.79 Å². The molecule has 1 amide bonds. The number of aryl methyl sites for hydroxylation is 1. The molecule has 1 saturated carbocycles. The van der Waals surface area contributed by atoms with Crippen molar-refractivity contribution in [1.82, 2.24) is 5.32 Å². The van der Waals surface area contributed by atoms with Gasteiger partial charge in [-0.1, -0.05) is 24.3 Å². The maximum absolute atomic E-state index is 12.0. The molecule has 3 N–H and O–H groups in total. The monoisotopic (exact) mass is 230 g/mol. The molecule has 2 aliphatic carbocycles. The Kier molecular flexibility index (Phi) is 2.63. The second-order valence-corrected chi connectivity index (χ2v) is 5.22. The lowest BCUT2D eigenvalue weighted by atomic mass is 9.83. The summed E-state index contributed by atoms with van der Waals surface area (Å²) in [6.07, 6.45) is 3.80. The van der Waals surface area contributed by atoms with Crippen molar-refractivity contribution in [2.45, 2.75) is 37.8 Å². The highest BCUT2D eigenvalue weighted by atomic mass is 16.2. The quantitative estimate of drug-likeness (QED) is 0.796. The van der Waals surface area contributed by atoms with Gasteiger partial charge in [-0.15, -0.1) is 0 Å². The first kappa shape index (κ1) is 10.8. The third kappa shape index (κ3) is 2.20. The van der Waals surface area contributed by atoms with Gasteiger partial charge in [0.15, 0.2) is 0 Å². The topological polar surface area (TPSA) is 55.1 Å². The third-order valence-electron chi connectivity index (χ3n) is 3.89. The number of benzene rings is 1. The van der Waals surface area contributed by atoms with Crippen LogP contribution in [0.2, 0.25) is 0 Å². The van der Waals surface area contributed by atoms with E-state index in [4.69, 9.17) is 5.73 Å². The van der Waals surface area contributed by atoms with Gasteiger partial charge in [0.2, 0.25) is 5.91 Å². The first-order valence-electron chi connectivity index (χ1n) is 6.37.